The van der Waals surface area contributed by atoms with Gasteiger partial charge in [-0.3, -0.25) is 4.79 Å². The summed E-state index contributed by atoms with van der Waals surface area (Å²) in [6.07, 6.45) is 0. The van der Waals surface area contributed by atoms with E-state index in [4.69, 9.17) is 4.74 Å². The van der Waals surface area contributed by atoms with Crippen molar-refractivity contribution in [1.29, 1.82) is 0 Å². The van der Waals surface area contributed by atoms with Crippen LogP contribution in [0.15, 0.2) is 22.7 Å². The van der Waals surface area contributed by atoms with E-state index < -0.39 is 30.3 Å². The Labute approximate surface area is 130 Å². The van der Waals surface area contributed by atoms with Gasteiger partial charge in [-0.05, 0) is 24.1 Å². The minimum Gasteiger partial charge on any atom is -0.481 e. The minimum atomic E-state index is -0.763. The summed E-state index contributed by atoms with van der Waals surface area (Å²) >= 11 is 3.12. The van der Waals surface area contributed by atoms with Crippen molar-refractivity contribution in [2.45, 2.75) is 19.9 Å². The standard InChI is InChI=1S/C14H17BrFNO4/c1-8(2)13(14(19)20-3)17-12(18)7-21-11-5-4-9(15)6-10(11)16/h4-6,8,13H,7H2,1-3H3,(H,17,18). The zero-order valence-electron chi connectivity index (χ0n) is 12.0. The highest BCUT2D eigenvalue weighted by Gasteiger charge is 2.25. The Morgan fingerprint density at radius 2 is 2.05 bits per heavy atom. The SMILES string of the molecule is COC(=O)C(NC(=O)COc1ccc(Br)cc1F)C(C)C. The molecule has 0 heterocycles. The molecule has 0 fully saturated rings. The van der Waals surface area contributed by atoms with Gasteiger partial charge in [0.2, 0.25) is 0 Å². The second-order valence-electron chi connectivity index (χ2n) is 4.68. The smallest absolute Gasteiger partial charge is 0.328 e. The average molecular weight is 362 g/mol. The van der Waals surface area contributed by atoms with E-state index >= 15 is 0 Å². The highest BCUT2D eigenvalue weighted by Crippen LogP contribution is 2.21. The molecule has 1 rings (SSSR count). The molecule has 1 amide bonds. The fraction of sp³-hybridized carbons (Fsp3) is 0.429. The molecule has 0 aliphatic carbocycles. The van der Waals surface area contributed by atoms with Gasteiger partial charge in [0.15, 0.2) is 18.2 Å². The first-order chi connectivity index (χ1) is 9.85. The second-order valence-corrected chi connectivity index (χ2v) is 5.59. The minimum absolute atomic E-state index is 0.0347. The first kappa shape index (κ1) is 17.4. The summed E-state index contributed by atoms with van der Waals surface area (Å²) in [6, 6.07) is 3.48. The monoisotopic (exact) mass is 361 g/mol. The number of hydrogen-bond donors (Lipinski definition) is 1. The van der Waals surface area contributed by atoms with Crippen LogP contribution in [0.1, 0.15) is 13.8 Å². The Bertz CT molecular complexity index is 522. The fourth-order valence-corrected chi connectivity index (χ4v) is 1.91. The number of amides is 1. The number of rotatable bonds is 6. The van der Waals surface area contributed by atoms with Crippen molar-refractivity contribution in [3.8, 4) is 5.75 Å². The number of methoxy groups -OCH3 is 1. The predicted octanol–water partition coefficient (Wildman–Crippen LogP) is 2.28. The molecule has 1 aromatic rings. The molecule has 116 valence electrons. The number of hydrogen-bond acceptors (Lipinski definition) is 4. The van der Waals surface area contributed by atoms with Crippen LogP contribution in [0.5, 0.6) is 5.75 Å². The van der Waals surface area contributed by atoms with Crippen LogP contribution in [0, 0.1) is 11.7 Å². The lowest BCUT2D eigenvalue weighted by Crippen LogP contribution is -2.46. The lowest BCUT2D eigenvalue weighted by atomic mass is 10.0. The summed E-state index contributed by atoms with van der Waals surface area (Å²) in [5.74, 6) is -1.81. The van der Waals surface area contributed by atoms with Crippen molar-refractivity contribution in [2.24, 2.45) is 5.92 Å². The maximum atomic E-state index is 13.5. The van der Waals surface area contributed by atoms with E-state index in [-0.39, 0.29) is 11.7 Å². The van der Waals surface area contributed by atoms with Crippen LogP contribution < -0.4 is 10.1 Å². The molecular weight excluding hydrogens is 345 g/mol. The third-order valence-corrected chi connectivity index (χ3v) is 3.18. The van der Waals surface area contributed by atoms with E-state index in [9.17, 15) is 14.0 Å². The van der Waals surface area contributed by atoms with Gasteiger partial charge < -0.3 is 14.8 Å². The second kappa shape index (κ2) is 7.97. The van der Waals surface area contributed by atoms with Gasteiger partial charge in [0.05, 0.1) is 7.11 Å². The summed E-state index contributed by atoms with van der Waals surface area (Å²) < 4.78 is 23.8. The van der Waals surface area contributed by atoms with Crippen LogP contribution in [0.4, 0.5) is 4.39 Å². The third-order valence-electron chi connectivity index (χ3n) is 2.69. The quantitative estimate of drug-likeness (QED) is 0.789. The molecule has 1 N–H and O–H groups in total. The third kappa shape index (κ3) is 5.34. The summed E-state index contributed by atoms with van der Waals surface area (Å²) in [6.45, 7) is 3.16. The molecule has 0 aliphatic rings. The Balaban J connectivity index is 2.58. The molecule has 0 aliphatic heterocycles. The number of halogens is 2. The number of nitrogens with one attached hydrogen (secondary N) is 1. The van der Waals surface area contributed by atoms with Crippen molar-refractivity contribution < 1.29 is 23.5 Å². The van der Waals surface area contributed by atoms with Crippen molar-refractivity contribution in [2.75, 3.05) is 13.7 Å². The first-order valence-electron chi connectivity index (χ1n) is 6.30. The highest BCUT2D eigenvalue weighted by molar-refractivity contribution is 9.10. The van der Waals surface area contributed by atoms with E-state index in [1.165, 1.54) is 19.2 Å². The molecule has 1 atom stereocenters. The number of ether oxygens (including phenoxy) is 2. The molecule has 0 bridgehead atoms. The topological polar surface area (TPSA) is 64.6 Å². The predicted molar refractivity (Wildman–Crippen MR) is 78.4 cm³/mol. The van der Waals surface area contributed by atoms with Crippen LogP contribution >= 0.6 is 15.9 Å². The largest absolute Gasteiger partial charge is 0.481 e. The van der Waals surface area contributed by atoms with Gasteiger partial charge in [-0.2, -0.15) is 0 Å². The van der Waals surface area contributed by atoms with Crippen LogP contribution in [0.3, 0.4) is 0 Å². The van der Waals surface area contributed by atoms with Crippen molar-refractivity contribution in [1.82, 2.24) is 5.32 Å². The van der Waals surface area contributed by atoms with Gasteiger partial charge in [0, 0.05) is 4.47 Å². The summed E-state index contributed by atoms with van der Waals surface area (Å²) in [5, 5.41) is 2.50. The maximum absolute atomic E-state index is 13.5. The lowest BCUT2D eigenvalue weighted by Gasteiger charge is -2.19. The van der Waals surface area contributed by atoms with E-state index in [0.29, 0.717) is 4.47 Å². The zero-order valence-corrected chi connectivity index (χ0v) is 13.6. The molecule has 1 aromatic carbocycles. The lowest BCUT2D eigenvalue weighted by molar-refractivity contribution is -0.146. The molecule has 7 heteroatoms. The zero-order chi connectivity index (χ0) is 16.0. The molecule has 0 aromatic heterocycles. The molecule has 0 spiro atoms. The fourth-order valence-electron chi connectivity index (χ4n) is 1.58. The Morgan fingerprint density at radius 1 is 1.38 bits per heavy atom. The molecule has 0 radical (unpaired) electrons. The molecule has 0 saturated heterocycles. The Hall–Kier alpha value is -1.63. The van der Waals surface area contributed by atoms with Gasteiger partial charge in [0.1, 0.15) is 6.04 Å². The summed E-state index contributed by atoms with van der Waals surface area (Å²) in [5.41, 5.74) is 0. The van der Waals surface area contributed by atoms with Gasteiger partial charge in [0.25, 0.3) is 5.91 Å². The van der Waals surface area contributed by atoms with Gasteiger partial charge >= 0.3 is 5.97 Å². The molecule has 1 unspecified atom stereocenters. The van der Waals surface area contributed by atoms with E-state index in [1.54, 1.807) is 19.9 Å². The summed E-state index contributed by atoms with van der Waals surface area (Å²) in [4.78, 5) is 23.3. The Morgan fingerprint density at radius 3 is 2.57 bits per heavy atom. The van der Waals surface area contributed by atoms with E-state index in [1.807, 2.05) is 0 Å². The number of carbonyl (C=O) groups excluding carboxylic acids is 2. The number of benzene rings is 1. The van der Waals surface area contributed by atoms with Crippen LogP contribution in [-0.4, -0.2) is 31.6 Å². The van der Waals surface area contributed by atoms with Crippen LogP contribution in [0.2, 0.25) is 0 Å². The number of esters is 1. The summed E-state index contributed by atoms with van der Waals surface area (Å²) in [7, 11) is 1.25. The van der Waals surface area contributed by atoms with Gasteiger partial charge in [-0.1, -0.05) is 29.8 Å². The molecule has 0 saturated carbocycles. The molecule has 5 nitrogen and oxygen atoms in total. The van der Waals surface area contributed by atoms with Crippen molar-refractivity contribution in [3.63, 3.8) is 0 Å². The Kier molecular flexibility index (Phi) is 6.61. The van der Waals surface area contributed by atoms with E-state index in [2.05, 4.69) is 26.0 Å². The van der Waals surface area contributed by atoms with Gasteiger partial charge in [-0.25, -0.2) is 9.18 Å². The highest BCUT2D eigenvalue weighted by atomic mass is 79.9. The van der Waals surface area contributed by atoms with E-state index in [0.717, 1.165) is 0 Å². The number of carbonyl (C=O) groups is 2. The normalized spacial score (nSPS) is 11.9. The van der Waals surface area contributed by atoms with Gasteiger partial charge in [-0.15, -0.1) is 0 Å². The van der Waals surface area contributed by atoms with Crippen molar-refractivity contribution in [3.05, 3.63) is 28.5 Å². The maximum Gasteiger partial charge on any atom is 0.328 e. The first-order valence-corrected chi connectivity index (χ1v) is 7.09. The molecule has 21 heavy (non-hydrogen) atoms. The van der Waals surface area contributed by atoms with Crippen LogP contribution in [-0.2, 0) is 14.3 Å². The molecular formula is C14H17BrFNO4. The van der Waals surface area contributed by atoms with Crippen molar-refractivity contribution >= 4 is 27.8 Å². The average Bonchev–Trinajstić information content (AvgIpc) is 2.42. The van der Waals surface area contributed by atoms with Crippen LogP contribution in [0.25, 0.3) is 0 Å².